The molecule has 0 aliphatic carbocycles. The molecule has 0 spiro atoms. The predicted molar refractivity (Wildman–Crippen MR) is 163 cm³/mol. The molecule has 3 aromatic heterocycles. The molecule has 7 aromatic rings. The lowest BCUT2D eigenvalue weighted by Gasteiger charge is -2.18. The third-order valence-corrected chi connectivity index (χ3v) is 7.60. The Kier molecular flexibility index (Phi) is 5.67. The first-order chi connectivity index (χ1) is 20.0. The van der Waals surface area contributed by atoms with E-state index < -0.39 is 0 Å². The quantitative estimate of drug-likeness (QED) is 0.244. The lowest BCUT2D eigenvalue weighted by atomic mass is 10.1. The van der Waals surface area contributed by atoms with Crippen LogP contribution >= 0.6 is 0 Å². The van der Waals surface area contributed by atoms with Crippen molar-refractivity contribution in [1.29, 1.82) is 0 Å². The SMILES string of the molecule is Cn1ccc2cc(C(=O)Nc3ccc(-n4ncc5cc(N(C=O)c6ccc7c(ccn7C)c6)ccc54)cc3)ccc21. The second-order valence-electron chi connectivity index (χ2n) is 10.1. The molecule has 200 valence electrons. The zero-order valence-electron chi connectivity index (χ0n) is 22.5. The Morgan fingerprint density at radius 2 is 1.34 bits per heavy atom. The molecule has 0 unspecified atom stereocenters. The van der Waals surface area contributed by atoms with Gasteiger partial charge in [-0.2, -0.15) is 5.10 Å². The molecule has 0 radical (unpaired) electrons. The second kappa shape index (κ2) is 9.53. The summed E-state index contributed by atoms with van der Waals surface area (Å²) in [7, 11) is 3.98. The van der Waals surface area contributed by atoms with Crippen LogP contribution in [-0.4, -0.2) is 31.2 Å². The van der Waals surface area contributed by atoms with Crippen LogP contribution < -0.4 is 10.2 Å². The minimum Gasteiger partial charge on any atom is -0.351 e. The number of nitrogens with one attached hydrogen (secondary N) is 1. The van der Waals surface area contributed by atoms with Crippen LogP contribution in [0.1, 0.15) is 10.4 Å². The standard InChI is InChI=1S/C33H26N6O2/c1-36-15-13-22-17-24(3-10-30(22)36)33(41)35-26-4-6-27(7-5-26)39-32-12-9-29(19-25(32)20-34-39)38(21-40)28-8-11-31-23(18-28)14-16-37(31)2/h3-21H,1-2H3,(H,35,41). The molecule has 4 aromatic carbocycles. The van der Waals surface area contributed by atoms with Crippen molar-refractivity contribution >= 4 is 62.1 Å². The third-order valence-electron chi connectivity index (χ3n) is 7.60. The van der Waals surface area contributed by atoms with Crippen LogP contribution in [0, 0.1) is 0 Å². The number of amides is 2. The van der Waals surface area contributed by atoms with Crippen molar-refractivity contribution in [2.75, 3.05) is 10.2 Å². The fraction of sp³-hybridized carbons (Fsp3) is 0.0606. The topological polar surface area (TPSA) is 77.1 Å². The highest BCUT2D eigenvalue weighted by Crippen LogP contribution is 2.31. The van der Waals surface area contributed by atoms with Gasteiger partial charge in [0.15, 0.2) is 0 Å². The number of nitrogens with zero attached hydrogens (tertiary/aromatic N) is 5. The zero-order chi connectivity index (χ0) is 28.1. The normalized spacial score (nSPS) is 11.4. The average Bonchev–Trinajstić information content (AvgIpc) is 3.70. The van der Waals surface area contributed by atoms with Crippen LogP contribution in [0.5, 0.6) is 0 Å². The molecule has 3 heterocycles. The summed E-state index contributed by atoms with van der Waals surface area (Å²) in [6.07, 6.45) is 6.61. The average molecular weight is 539 g/mol. The first kappa shape index (κ1) is 24.4. The van der Waals surface area contributed by atoms with E-state index in [1.165, 1.54) is 0 Å². The number of carbonyl (C=O) groups is 2. The van der Waals surface area contributed by atoms with Crippen LogP contribution in [0.25, 0.3) is 38.4 Å². The van der Waals surface area contributed by atoms with Crippen LogP contribution in [-0.2, 0) is 18.9 Å². The summed E-state index contributed by atoms with van der Waals surface area (Å²) < 4.78 is 5.92. The van der Waals surface area contributed by atoms with Crippen molar-refractivity contribution < 1.29 is 9.59 Å². The van der Waals surface area contributed by atoms with E-state index in [2.05, 4.69) is 15.0 Å². The Morgan fingerprint density at radius 3 is 2.02 bits per heavy atom. The van der Waals surface area contributed by atoms with Crippen LogP contribution in [0.3, 0.4) is 0 Å². The summed E-state index contributed by atoms with van der Waals surface area (Å²) in [5, 5.41) is 10.6. The van der Waals surface area contributed by atoms with Gasteiger partial charge in [-0.1, -0.05) is 0 Å². The van der Waals surface area contributed by atoms with Gasteiger partial charge in [-0.05, 0) is 91.0 Å². The first-order valence-electron chi connectivity index (χ1n) is 13.2. The van der Waals surface area contributed by atoms with E-state index in [0.717, 1.165) is 56.2 Å². The molecule has 0 saturated heterocycles. The smallest absolute Gasteiger partial charge is 0.255 e. The van der Waals surface area contributed by atoms with E-state index in [0.29, 0.717) is 11.3 Å². The summed E-state index contributed by atoms with van der Waals surface area (Å²) in [6, 6.07) is 29.1. The van der Waals surface area contributed by atoms with Gasteiger partial charge in [0.25, 0.3) is 5.91 Å². The highest BCUT2D eigenvalue weighted by Gasteiger charge is 2.14. The molecule has 1 N–H and O–H groups in total. The number of benzene rings is 4. The van der Waals surface area contributed by atoms with E-state index in [1.54, 1.807) is 11.1 Å². The van der Waals surface area contributed by atoms with Crippen molar-refractivity contribution in [3.63, 3.8) is 0 Å². The van der Waals surface area contributed by atoms with Gasteiger partial charge in [0.05, 0.1) is 17.4 Å². The lowest BCUT2D eigenvalue weighted by Crippen LogP contribution is -2.13. The Morgan fingerprint density at radius 1 is 0.732 bits per heavy atom. The molecule has 8 heteroatoms. The van der Waals surface area contributed by atoms with Crippen LogP contribution in [0.2, 0.25) is 0 Å². The minimum atomic E-state index is -0.160. The molecular formula is C33H26N6O2. The van der Waals surface area contributed by atoms with Gasteiger partial charge in [-0.3, -0.25) is 14.5 Å². The molecule has 41 heavy (non-hydrogen) atoms. The number of fused-ring (bicyclic) bond motifs is 3. The number of carbonyl (C=O) groups excluding carboxylic acids is 2. The molecule has 7 rings (SSSR count). The maximum absolute atomic E-state index is 12.9. The highest BCUT2D eigenvalue weighted by atomic mass is 16.1. The van der Waals surface area contributed by atoms with Crippen molar-refractivity contribution in [3.8, 4) is 5.69 Å². The molecule has 0 fully saturated rings. The van der Waals surface area contributed by atoms with Gasteiger partial charge in [0, 0.05) is 76.3 Å². The number of aryl methyl sites for hydroxylation is 2. The summed E-state index contributed by atoms with van der Waals surface area (Å²) in [4.78, 5) is 26.6. The monoisotopic (exact) mass is 538 g/mol. The van der Waals surface area contributed by atoms with Gasteiger partial charge < -0.3 is 14.5 Å². The Balaban J connectivity index is 1.12. The largest absolute Gasteiger partial charge is 0.351 e. The summed E-state index contributed by atoms with van der Waals surface area (Å²) in [6.45, 7) is 0. The fourth-order valence-corrected chi connectivity index (χ4v) is 5.38. The Bertz CT molecular complexity index is 2100. The van der Waals surface area contributed by atoms with Gasteiger partial charge >= 0.3 is 0 Å². The molecule has 2 amide bonds. The van der Waals surface area contributed by atoms with E-state index in [9.17, 15) is 9.59 Å². The maximum atomic E-state index is 12.9. The number of aromatic nitrogens is 4. The lowest BCUT2D eigenvalue weighted by molar-refractivity contribution is -0.106. The van der Waals surface area contributed by atoms with E-state index in [4.69, 9.17) is 0 Å². The van der Waals surface area contributed by atoms with Crippen molar-refractivity contribution in [1.82, 2.24) is 18.9 Å². The van der Waals surface area contributed by atoms with Gasteiger partial charge in [-0.15, -0.1) is 0 Å². The minimum absolute atomic E-state index is 0.160. The molecule has 0 atom stereocenters. The summed E-state index contributed by atoms with van der Waals surface area (Å²) in [5.74, 6) is -0.160. The molecule has 0 bridgehead atoms. The second-order valence-corrected chi connectivity index (χ2v) is 10.1. The molecule has 8 nitrogen and oxygen atoms in total. The molecule has 0 aliphatic rings. The van der Waals surface area contributed by atoms with E-state index in [1.807, 2.05) is 127 Å². The van der Waals surface area contributed by atoms with Crippen molar-refractivity contribution in [2.45, 2.75) is 0 Å². The van der Waals surface area contributed by atoms with Crippen molar-refractivity contribution in [3.05, 3.63) is 115 Å². The van der Waals surface area contributed by atoms with E-state index >= 15 is 0 Å². The summed E-state index contributed by atoms with van der Waals surface area (Å²) >= 11 is 0. The molecule has 0 aliphatic heterocycles. The van der Waals surface area contributed by atoms with E-state index in [-0.39, 0.29) is 5.91 Å². The summed E-state index contributed by atoms with van der Waals surface area (Å²) in [5.41, 5.74) is 6.81. The first-order valence-corrected chi connectivity index (χ1v) is 13.2. The van der Waals surface area contributed by atoms with Gasteiger partial charge in [0.1, 0.15) is 0 Å². The highest BCUT2D eigenvalue weighted by molar-refractivity contribution is 6.06. The van der Waals surface area contributed by atoms with Crippen LogP contribution in [0.4, 0.5) is 17.1 Å². The molecular weight excluding hydrogens is 512 g/mol. The van der Waals surface area contributed by atoms with Gasteiger partial charge in [-0.25, -0.2) is 4.68 Å². The van der Waals surface area contributed by atoms with Crippen LogP contribution in [0.15, 0.2) is 110 Å². The number of hydrogen-bond acceptors (Lipinski definition) is 3. The molecule has 0 saturated carbocycles. The zero-order valence-corrected chi connectivity index (χ0v) is 22.5. The van der Waals surface area contributed by atoms with Crippen molar-refractivity contribution in [2.24, 2.45) is 14.1 Å². The fourth-order valence-electron chi connectivity index (χ4n) is 5.38. The third kappa shape index (κ3) is 4.22. The predicted octanol–water partition coefficient (Wildman–Crippen LogP) is 6.56. The number of hydrogen-bond donors (Lipinski definition) is 1. The Hall–Kier alpha value is -5.63. The maximum Gasteiger partial charge on any atom is 0.255 e. The number of rotatable bonds is 6. The number of anilines is 3. The Labute approximate surface area is 235 Å². The van der Waals surface area contributed by atoms with Gasteiger partial charge in [0.2, 0.25) is 6.41 Å².